The molecule has 2 heterocycles. The fourth-order valence-electron chi connectivity index (χ4n) is 4.12. The number of halogens is 3. The number of imide groups is 2. The predicted molar refractivity (Wildman–Crippen MR) is 143 cm³/mol. The van der Waals surface area contributed by atoms with Gasteiger partial charge in [-0.1, -0.05) is 65.1 Å². The van der Waals surface area contributed by atoms with Crippen LogP contribution in [0.4, 0.5) is 10.5 Å². The Kier molecular flexibility index (Phi) is 6.35. The van der Waals surface area contributed by atoms with Gasteiger partial charge in [-0.2, -0.15) is 0 Å². The van der Waals surface area contributed by atoms with Crippen molar-refractivity contribution in [3.63, 3.8) is 0 Å². The number of rotatable bonds is 4. The number of benzene rings is 3. The van der Waals surface area contributed by atoms with Gasteiger partial charge in [-0.25, -0.2) is 9.69 Å². The van der Waals surface area contributed by atoms with Gasteiger partial charge in [0.2, 0.25) is 0 Å². The van der Waals surface area contributed by atoms with Gasteiger partial charge < -0.3 is 4.57 Å². The average molecular weight is 539 g/mol. The highest BCUT2D eigenvalue weighted by Crippen LogP contribution is 2.30. The van der Waals surface area contributed by atoms with Gasteiger partial charge in [0.15, 0.2) is 0 Å². The highest BCUT2D eigenvalue weighted by atomic mass is 35.5. The Bertz CT molecular complexity index is 1610. The summed E-state index contributed by atoms with van der Waals surface area (Å²) in [5.41, 5.74) is 3.39. The summed E-state index contributed by atoms with van der Waals surface area (Å²) in [5, 5.41) is 4.42. The molecule has 5 rings (SSSR count). The van der Waals surface area contributed by atoms with Crippen molar-refractivity contribution < 1.29 is 14.4 Å². The van der Waals surface area contributed by atoms with Gasteiger partial charge in [0, 0.05) is 34.2 Å². The Morgan fingerprint density at radius 2 is 1.67 bits per heavy atom. The molecular formula is C27H18Cl3N3O3. The van der Waals surface area contributed by atoms with Crippen LogP contribution >= 0.6 is 34.8 Å². The van der Waals surface area contributed by atoms with Gasteiger partial charge in [-0.15, -0.1) is 0 Å². The monoisotopic (exact) mass is 537 g/mol. The standard InChI is InChI=1S/C27H18Cl3N3O3/c1-15-6-8-18(12-22(15)29)33-26(35)20(25(34)31-27(33)36)11-17-14-32(24-5-3-2-4-19(17)24)13-16-7-9-21(28)23(30)10-16/h2-12,14H,13H2,1H3,(H,31,34,36)/b20-11+. The molecule has 36 heavy (non-hydrogen) atoms. The van der Waals surface area contributed by atoms with E-state index in [4.69, 9.17) is 34.8 Å². The molecule has 0 aliphatic carbocycles. The van der Waals surface area contributed by atoms with E-state index in [9.17, 15) is 14.4 Å². The fourth-order valence-corrected chi connectivity index (χ4v) is 4.62. The number of anilines is 1. The number of nitrogens with one attached hydrogen (secondary N) is 1. The molecule has 1 aliphatic heterocycles. The van der Waals surface area contributed by atoms with E-state index in [2.05, 4.69) is 5.32 Å². The zero-order valence-electron chi connectivity index (χ0n) is 18.9. The Balaban J connectivity index is 1.56. The molecule has 0 spiro atoms. The summed E-state index contributed by atoms with van der Waals surface area (Å²) in [6.45, 7) is 2.31. The summed E-state index contributed by atoms with van der Waals surface area (Å²) in [5.74, 6) is -1.49. The van der Waals surface area contributed by atoms with E-state index < -0.39 is 17.8 Å². The number of urea groups is 1. The first kappa shape index (κ1) is 24.1. The summed E-state index contributed by atoms with van der Waals surface area (Å²) in [4.78, 5) is 39.5. The molecule has 0 saturated carbocycles. The number of amides is 4. The Labute approximate surface area is 221 Å². The molecule has 1 aliphatic rings. The van der Waals surface area contributed by atoms with E-state index in [0.29, 0.717) is 27.2 Å². The number of nitrogens with zero attached hydrogens (tertiary/aromatic N) is 2. The molecule has 0 radical (unpaired) electrons. The molecule has 4 amide bonds. The normalized spacial score (nSPS) is 15.2. The van der Waals surface area contributed by atoms with E-state index >= 15 is 0 Å². The molecule has 9 heteroatoms. The maximum Gasteiger partial charge on any atom is 0.335 e. The lowest BCUT2D eigenvalue weighted by Crippen LogP contribution is -2.54. The second kappa shape index (κ2) is 9.47. The maximum absolute atomic E-state index is 13.3. The minimum absolute atomic E-state index is 0.163. The molecule has 1 saturated heterocycles. The third-order valence-corrected chi connectivity index (χ3v) is 7.12. The lowest BCUT2D eigenvalue weighted by Gasteiger charge is -2.26. The number of carbonyl (C=O) groups excluding carboxylic acids is 3. The van der Waals surface area contributed by atoms with Gasteiger partial charge in [0.05, 0.1) is 15.7 Å². The summed E-state index contributed by atoms with van der Waals surface area (Å²) in [6.07, 6.45) is 3.35. The van der Waals surface area contributed by atoms with Gasteiger partial charge in [0.1, 0.15) is 5.57 Å². The van der Waals surface area contributed by atoms with Crippen LogP contribution in [0.1, 0.15) is 16.7 Å². The van der Waals surface area contributed by atoms with Crippen molar-refractivity contribution in [1.82, 2.24) is 9.88 Å². The molecule has 6 nitrogen and oxygen atoms in total. The predicted octanol–water partition coefficient (Wildman–Crippen LogP) is 6.62. The van der Waals surface area contributed by atoms with Crippen LogP contribution in [0.5, 0.6) is 0 Å². The van der Waals surface area contributed by atoms with E-state index in [-0.39, 0.29) is 11.3 Å². The molecule has 0 atom stereocenters. The molecule has 1 aromatic heterocycles. The third kappa shape index (κ3) is 4.39. The highest BCUT2D eigenvalue weighted by Gasteiger charge is 2.37. The summed E-state index contributed by atoms with van der Waals surface area (Å²) < 4.78 is 2.00. The second-order valence-electron chi connectivity index (χ2n) is 8.37. The zero-order valence-corrected chi connectivity index (χ0v) is 21.2. The van der Waals surface area contributed by atoms with Crippen LogP contribution in [0.25, 0.3) is 17.0 Å². The lowest BCUT2D eigenvalue weighted by atomic mass is 10.1. The SMILES string of the molecule is Cc1ccc(N2C(=O)NC(=O)/C(=C\c3cn(Cc4ccc(Cl)c(Cl)c4)c4ccccc34)C2=O)cc1Cl. The van der Waals surface area contributed by atoms with E-state index in [0.717, 1.165) is 26.9 Å². The van der Waals surface area contributed by atoms with Crippen molar-refractivity contribution in [3.05, 3.63) is 104 Å². The summed E-state index contributed by atoms with van der Waals surface area (Å²) in [7, 11) is 0. The van der Waals surface area contributed by atoms with E-state index in [1.807, 2.05) is 48.0 Å². The van der Waals surface area contributed by atoms with Gasteiger partial charge >= 0.3 is 6.03 Å². The number of barbiturate groups is 1. The molecule has 0 bridgehead atoms. The first-order valence-corrected chi connectivity index (χ1v) is 12.1. The van der Waals surface area contributed by atoms with E-state index in [1.54, 1.807) is 24.3 Å². The van der Waals surface area contributed by atoms with Gasteiger partial charge in [0.25, 0.3) is 11.8 Å². The summed E-state index contributed by atoms with van der Waals surface area (Å²) in [6, 6.07) is 17.1. The molecule has 180 valence electrons. The van der Waals surface area contributed by atoms with Crippen LogP contribution in [0.2, 0.25) is 15.1 Å². The van der Waals surface area contributed by atoms with Crippen molar-refractivity contribution in [2.24, 2.45) is 0 Å². The minimum Gasteiger partial charge on any atom is -0.342 e. The van der Waals surface area contributed by atoms with Gasteiger partial charge in [-0.05, 0) is 54.5 Å². The number of fused-ring (bicyclic) bond motifs is 1. The van der Waals surface area contributed by atoms with Crippen LogP contribution in [0, 0.1) is 6.92 Å². The van der Waals surface area contributed by atoms with Crippen molar-refractivity contribution in [3.8, 4) is 0 Å². The number of hydrogen-bond donors (Lipinski definition) is 1. The Morgan fingerprint density at radius 3 is 2.42 bits per heavy atom. The second-order valence-corrected chi connectivity index (χ2v) is 9.59. The third-order valence-electron chi connectivity index (χ3n) is 5.97. The first-order chi connectivity index (χ1) is 17.2. The molecule has 1 N–H and O–H groups in total. The van der Waals surface area contributed by atoms with Crippen LogP contribution < -0.4 is 10.2 Å². The number of aryl methyl sites for hydroxylation is 1. The highest BCUT2D eigenvalue weighted by molar-refractivity contribution is 6.42. The Hall–Kier alpha value is -3.58. The van der Waals surface area contributed by atoms with Gasteiger partial charge in [-0.3, -0.25) is 14.9 Å². The van der Waals surface area contributed by atoms with Crippen LogP contribution in [0.15, 0.2) is 72.4 Å². The average Bonchev–Trinajstić information content (AvgIpc) is 3.18. The number of para-hydroxylation sites is 1. The van der Waals surface area contributed by atoms with Crippen molar-refractivity contribution >= 4 is 75.3 Å². The fraction of sp³-hybridized carbons (Fsp3) is 0.0741. The molecule has 1 fully saturated rings. The van der Waals surface area contributed by atoms with Crippen molar-refractivity contribution in [2.75, 3.05) is 4.90 Å². The maximum atomic E-state index is 13.3. The smallest absolute Gasteiger partial charge is 0.335 e. The minimum atomic E-state index is -0.830. The summed E-state index contributed by atoms with van der Waals surface area (Å²) >= 11 is 18.4. The molecular weight excluding hydrogens is 521 g/mol. The van der Waals surface area contributed by atoms with Crippen molar-refractivity contribution in [1.29, 1.82) is 0 Å². The molecule has 0 unspecified atom stereocenters. The quantitative estimate of drug-likeness (QED) is 0.234. The van der Waals surface area contributed by atoms with E-state index in [1.165, 1.54) is 12.1 Å². The van der Waals surface area contributed by atoms with Crippen LogP contribution in [0.3, 0.4) is 0 Å². The van der Waals surface area contributed by atoms with Crippen LogP contribution in [-0.4, -0.2) is 22.4 Å². The zero-order chi connectivity index (χ0) is 25.6. The Morgan fingerprint density at radius 1 is 0.889 bits per heavy atom. The lowest BCUT2D eigenvalue weighted by molar-refractivity contribution is -0.122. The first-order valence-electron chi connectivity index (χ1n) is 10.9. The molecule has 3 aromatic carbocycles. The largest absolute Gasteiger partial charge is 0.342 e. The topological polar surface area (TPSA) is 71.4 Å². The van der Waals surface area contributed by atoms with Crippen LogP contribution in [-0.2, 0) is 16.1 Å². The number of carbonyl (C=O) groups is 3. The number of aromatic nitrogens is 1. The number of hydrogen-bond acceptors (Lipinski definition) is 3. The molecule has 4 aromatic rings. The van der Waals surface area contributed by atoms with Crippen molar-refractivity contribution in [2.45, 2.75) is 13.5 Å².